The third-order valence-corrected chi connectivity index (χ3v) is 7.07. The standard InChI is InChI=1S/C23H28N6O2S/c1-15-12-28(13-16(2)31-15)21-19-20(25-14-26-21)27-23(32-19)29-10-6-9-18(29)22(30)24-11-17-7-4-3-5-8-17/h3-5,7-8,14-16,18H,6,9-13H2,1-2H3,(H,24,30)/t15-,16+,18-/m1/s1. The molecule has 0 bridgehead atoms. The summed E-state index contributed by atoms with van der Waals surface area (Å²) < 4.78 is 6.85. The Kier molecular flexibility index (Phi) is 5.93. The lowest BCUT2D eigenvalue weighted by Crippen LogP contribution is -2.45. The molecular formula is C23H28N6O2S. The van der Waals surface area contributed by atoms with Gasteiger partial charge < -0.3 is 19.9 Å². The molecule has 2 aromatic heterocycles. The van der Waals surface area contributed by atoms with E-state index in [0.29, 0.717) is 12.2 Å². The fraction of sp³-hybridized carbons (Fsp3) is 0.478. The van der Waals surface area contributed by atoms with Crippen LogP contribution < -0.4 is 15.1 Å². The summed E-state index contributed by atoms with van der Waals surface area (Å²) in [5, 5.41) is 3.93. The summed E-state index contributed by atoms with van der Waals surface area (Å²) in [6.07, 6.45) is 3.67. The van der Waals surface area contributed by atoms with Gasteiger partial charge in [0.15, 0.2) is 16.6 Å². The highest BCUT2D eigenvalue weighted by atomic mass is 32.1. The van der Waals surface area contributed by atoms with Gasteiger partial charge in [0.2, 0.25) is 5.91 Å². The number of aromatic nitrogens is 3. The maximum atomic E-state index is 13.0. The van der Waals surface area contributed by atoms with E-state index < -0.39 is 0 Å². The maximum absolute atomic E-state index is 13.0. The summed E-state index contributed by atoms with van der Waals surface area (Å²) in [6, 6.07) is 9.78. The Hall–Kier alpha value is -2.78. The molecule has 0 aliphatic carbocycles. The number of nitrogens with one attached hydrogen (secondary N) is 1. The molecule has 3 aromatic rings. The number of carbonyl (C=O) groups is 1. The number of amides is 1. The van der Waals surface area contributed by atoms with Crippen LogP contribution >= 0.6 is 11.3 Å². The summed E-state index contributed by atoms with van der Waals surface area (Å²) in [4.78, 5) is 31.2. The molecule has 1 amide bonds. The number of ether oxygens (including phenoxy) is 1. The Morgan fingerprint density at radius 2 is 1.97 bits per heavy atom. The molecule has 168 valence electrons. The van der Waals surface area contributed by atoms with E-state index in [9.17, 15) is 4.79 Å². The van der Waals surface area contributed by atoms with Crippen LogP contribution in [0.5, 0.6) is 0 Å². The number of carbonyl (C=O) groups excluding carboxylic acids is 1. The number of rotatable bonds is 5. The number of nitrogens with zero attached hydrogens (tertiary/aromatic N) is 5. The molecule has 3 atom stereocenters. The van der Waals surface area contributed by atoms with E-state index in [2.05, 4.69) is 38.9 Å². The minimum atomic E-state index is -0.209. The number of benzene rings is 1. The highest BCUT2D eigenvalue weighted by molar-refractivity contribution is 7.22. The minimum absolute atomic E-state index is 0.0488. The van der Waals surface area contributed by atoms with Crippen molar-refractivity contribution in [3.8, 4) is 0 Å². The number of thiazole rings is 1. The molecule has 0 spiro atoms. The Bertz CT molecular complexity index is 1080. The fourth-order valence-electron chi connectivity index (χ4n) is 4.60. The second-order valence-electron chi connectivity index (χ2n) is 8.56. The van der Waals surface area contributed by atoms with Crippen molar-refractivity contribution < 1.29 is 9.53 Å². The van der Waals surface area contributed by atoms with Crippen LogP contribution in [-0.4, -0.2) is 58.7 Å². The van der Waals surface area contributed by atoms with Gasteiger partial charge in [-0.1, -0.05) is 41.7 Å². The molecule has 0 unspecified atom stereocenters. The Morgan fingerprint density at radius 3 is 2.75 bits per heavy atom. The van der Waals surface area contributed by atoms with Gasteiger partial charge in [-0.05, 0) is 32.3 Å². The normalized spacial score (nSPS) is 23.6. The molecular weight excluding hydrogens is 424 g/mol. The van der Waals surface area contributed by atoms with Gasteiger partial charge in [-0.15, -0.1) is 0 Å². The monoisotopic (exact) mass is 452 g/mol. The number of fused-ring (bicyclic) bond motifs is 1. The first-order chi connectivity index (χ1) is 15.6. The zero-order chi connectivity index (χ0) is 22.1. The molecule has 2 saturated heterocycles. The van der Waals surface area contributed by atoms with Gasteiger partial charge in [0, 0.05) is 26.2 Å². The lowest BCUT2D eigenvalue weighted by atomic mass is 10.2. The lowest BCUT2D eigenvalue weighted by molar-refractivity contribution is -0.122. The average Bonchev–Trinajstić information content (AvgIpc) is 3.44. The van der Waals surface area contributed by atoms with Crippen LogP contribution in [0, 0.1) is 0 Å². The van der Waals surface area contributed by atoms with Gasteiger partial charge in [0.1, 0.15) is 17.1 Å². The molecule has 1 aromatic carbocycles. The van der Waals surface area contributed by atoms with E-state index in [1.807, 2.05) is 30.3 Å². The third kappa shape index (κ3) is 4.27. The minimum Gasteiger partial charge on any atom is -0.372 e. The van der Waals surface area contributed by atoms with Gasteiger partial charge in [0.05, 0.1) is 12.2 Å². The number of morpholine rings is 1. The highest BCUT2D eigenvalue weighted by Gasteiger charge is 2.33. The first-order valence-electron chi connectivity index (χ1n) is 11.2. The van der Waals surface area contributed by atoms with Gasteiger partial charge in [-0.3, -0.25) is 4.79 Å². The fourth-order valence-corrected chi connectivity index (χ4v) is 5.71. The highest BCUT2D eigenvalue weighted by Crippen LogP contribution is 2.37. The molecule has 32 heavy (non-hydrogen) atoms. The summed E-state index contributed by atoms with van der Waals surface area (Å²) in [5.41, 5.74) is 1.79. The van der Waals surface area contributed by atoms with E-state index in [1.54, 1.807) is 17.7 Å². The third-order valence-electron chi connectivity index (χ3n) is 5.99. The van der Waals surface area contributed by atoms with Crippen LogP contribution in [-0.2, 0) is 16.1 Å². The number of hydrogen-bond acceptors (Lipinski definition) is 8. The van der Waals surface area contributed by atoms with Crippen molar-refractivity contribution >= 4 is 38.5 Å². The molecule has 0 radical (unpaired) electrons. The van der Waals surface area contributed by atoms with E-state index in [-0.39, 0.29) is 24.2 Å². The summed E-state index contributed by atoms with van der Waals surface area (Å²) >= 11 is 1.58. The predicted molar refractivity (Wildman–Crippen MR) is 126 cm³/mol. The summed E-state index contributed by atoms with van der Waals surface area (Å²) in [5.74, 6) is 0.956. The molecule has 4 heterocycles. The van der Waals surface area contributed by atoms with Gasteiger partial charge in [0.25, 0.3) is 0 Å². The Balaban J connectivity index is 1.36. The van der Waals surface area contributed by atoms with Crippen molar-refractivity contribution in [2.45, 2.75) is 51.5 Å². The summed E-state index contributed by atoms with van der Waals surface area (Å²) in [7, 11) is 0. The molecule has 5 rings (SSSR count). The van der Waals surface area contributed by atoms with E-state index in [0.717, 1.165) is 53.7 Å². The van der Waals surface area contributed by atoms with Gasteiger partial charge in [-0.2, -0.15) is 4.98 Å². The molecule has 9 heteroatoms. The van der Waals surface area contributed by atoms with Crippen LogP contribution in [0.2, 0.25) is 0 Å². The topological polar surface area (TPSA) is 83.5 Å². The SMILES string of the molecule is C[C@@H]1CN(c2ncnc3nc(N4CCC[C@@H]4C(=O)NCc4ccccc4)sc23)C[C@H](C)O1. The van der Waals surface area contributed by atoms with Crippen molar-refractivity contribution in [3.05, 3.63) is 42.2 Å². The van der Waals surface area contributed by atoms with Gasteiger partial charge in [-0.25, -0.2) is 9.97 Å². The second kappa shape index (κ2) is 8.99. The Labute approximate surface area is 191 Å². The van der Waals surface area contributed by atoms with E-state index >= 15 is 0 Å². The van der Waals surface area contributed by atoms with Crippen molar-refractivity contribution in [2.75, 3.05) is 29.4 Å². The zero-order valence-corrected chi connectivity index (χ0v) is 19.2. The van der Waals surface area contributed by atoms with E-state index in [4.69, 9.17) is 9.72 Å². The molecule has 1 N–H and O–H groups in total. The molecule has 2 aliphatic heterocycles. The second-order valence-corrected chi connectivity index (χ2v) is 9.54. The molecule has 2 aliphatic rings. The summed E-state index contributed by atoms with van der Waals surface area (Å²) in [6.45, 7) is 7.10. The predicted octanol–water partition coefficient (Wildman–Crippen LogP) is 2.99. The van der Waals surface area contributed by atoms with Crippen molar-refractivity contribution in [3.63, 3.8) is 0 Å². The van der Waals surface area contributed by atoms with Crippen LogP contribution in [0.3, 0.4) is 0 Å². The molecule has 0 saturated carbocycles. The van der Waals surface area contributed by atoms with Crippen LogP contribution in [0.15, 0.2) is 36.7 Å². The number of hydrogen-bond donors (Lipinski definition) is 1. The van der Waals surface area contributed by atoms with Crippen LogP contribution in [0.1, 0.15) is 32.3 Å². The molecule has 8 nitrogen and oxygen atoms in total. The quantitative estimate of drug-likeness (QED) is 0.637. The maximum Gasteiger partial charge on any atom is 0.243 e. The van der Waals surface area contributed by atoms with Crippen LogP contribution in [0.4, 0.5) is 10.9 Å². The van der Waals surface area contributed by atoms with Crippen molar-refractivity contribution in [1.29, 1.82) is 0 Å². The van der Waals surface area contributed by atoms with Gasteiger partial charge >= 0.3 is 0 Å². The molecule has 2 fully saturated rings. The first-order valence-corrected chi connectivity index (χ1v) is 12.0. The Morgan fingerprint density at radius 1 is 1.19 bits per heavy atom. The largest absolute Gasteiger partial charge is 0.372 e. The van der Waals surface area contributed by atoms with Crippen LogP contribution in [0.25, 0.3) is 10.3 Å². The average molecular weight is 453 g/mol. The smallest absolute Gasteiger partial charge is 0.243 e. The van der Waals surface area contributed by atoms with E-state index in [1.165, 1.54) is 0 Å². The zero-order valence-electron chi connectivity index (χ0n) is 18.4. The first kappa shape index (κ1) is 21.1. The number of anilines is 2. The van der Waals surface area contributed by atoms with Crippen molar-refractivity contribution in [2.24, 2.45) is 0 Å². The lowest BCUT2D eigenvalue weighted by Gasteiger charge is -2.36. The van der Waals surface area contributed by atoms with Crippen molar-refractivity contribution in [1.82, 2.24) is 20.3 Å².